The molecule has 1 aromatic heterocycles. The monoisotopic (exact) mass is 325 g/mol. The minimum absolute atomic E-state index is 0.0877. The third-order valence-electron chi connectivity index (χ3n) is 3.41. The van der Waals surface area contributed by atoms with E-state index >= 15 is 0 Å². The molecular formula is C17H19N5O2. The number of amides is 1. The first-order valence-electron chi connectivity index (χ1n) is 7.72. The van der Waals surface area contributed by atoms with Gasteiger partial charge in [-0.15, -0.1) is 12.3 Å². The van der Waals surface area contributed by atoms with E-state index in [9.17, 15) is 4.79 Å². The Labute approximate surface area is 141 Å². The number of terminal acetylenes is 1. The number of aromatic nitrogens is 1. The quantitative estimate of drug-likeness (QED) is 0.742. The Kier molecular flexibility index (Phi) is 5.49. The maximum atomic E-state index is 12.0. The van der Waals surface area contributed by atoms with Crippen LogP contribution in [0.2, 0.25) is 0 Å². The van der Waals surface area contributed by atoms with Crippen LogP contribution in [-0.4, -0.2) is 22.7 Å². The van der Waals surface area contributed by atoms with Crippen molar-refractivity contribution in [1.29, 1.82) is 5.26 Å². The van der Waals surface area contributed by atoms with Crippen molar-refractivity contribution in [2.75, 3.05) is 5.32 Å². The third-order valence-corrected chi connectivity index (χ3v) is 3.41. The van der Waals surface area contributed by atoms with E-state index in [0.717, 1.165) is 0 Å². The first-order chi connectivity index (χ1) is 11.5. The number of rotatable bonds is 8. The molecule has 0 radical (unpaired) electrons. The number of hydrogen-bond acceptors (Lipinski definition) is 6. The molecule has 24 heavy (non-hydrogen) atoms. The van der Waals surface area contributed by atoms with E-state index < -0.39 is 5.66 Å². The maximum Gasteiger partial charge on any atom is 0.232 e. The zero-order valence-electron chi connectivity index (χ0n) is 13.7. The molecule has 7 nitrogen and oxygen atoms in total. The predicted molar refractivity (Wildman–Crippen MR) is 88.2 cm³/mol. The summed E-state index contributed by atoms with van der Waals surface area (Å²) in [6.07, 6.45) is 8.65. The van der Waals surface area contributed by atoms with Crippen molar-refractivity contribution in [3.05, 3.63) is 17.8 Å². The number of ether oxygens (including phenoxy) is 1. The first kappa shape index (κ1) is 17.4. The van der Waals surface area contributed by atoms with E-state index in [4.69, 9.17) is 16.4 Å². The number of nitrogens with zero attached hydrogens (tertiary/aromatic N) is 4. The highest BCUT2D eigenvalue weighted by Gasteiger charge is 2.39. The van der Waals surface area contributed by atoms with Gasteiger partial charge in [-0.1, -0.05) is 0 Å². The molecular weight excluding hydrogens is 306 g/mol. The van der Waals surface area contributed by atoms with E-state index in [-0.39, 0.29) is 29.9 Å². The summed E-state index contributed by atoms with van der Waals surface area (Å²) in [5.74, 6) is 2.63. The smallest absolute Gasteiger partial charge is 0.232 e. The average Bonchev–Trinajstić information content (AvgIpc) is 3.32. The number of nitrogens with one attached hydrogen (secondary N) is 1. The SMILES string of the molecule is C#CCCC1(CCC(=O)Nc2cnc(OC(C)C)c(C#N)c2)N=N1. The van der Waals surface area contributed by atoms with Crippen molar-refractivity contribution >= 4 is 11.6 Å². The van der Waals surface area contributed by atoms with E-state index in [0.29, 0.717) is 24.9 Å². The van der Waals surface area contributed by atoms with Gasteiger partial charge in [0.05, 0.1) is 18.0 Å². The first-order valence-corrected chi connectivity index (χ1v) is 7.72. The predicted octanol–water partition coefficient (Wildman–Crippen LogP) is 3.03. The van der Waals surface area contributed by atoms with Crippen LogP contribution < -0.4 is 10.1 Å². The Bertz CT molecular complexity index is 721. The molecule has 0 saturated heterocycles. The van der Waals surface area contributed by atoms with Gasteiger partial charge in [-0.2, -0.15) is 15.5 Å². The topological polar surface area (TPSA) is 99.7 Å². The van der Waals surface area contributed by atoms with Crippen LogP contribution in [0.5, 0.6) is 5.88 Å². The number of anilines is 1. The van der Waals surface area contributed by atoms with E-state index in [1.54, 1.807) is 6.07 Å². The van der Waals surface area contributed by atoms with E-state index in [1.165, 1.54) is 6.20 Å². The lowest BCUT2D eigenvalue weighted by Gasteiger charge is -2.12. The zero-order chi connectivity index (χ0) is 17.6. The van der Waals surface area contributed by atoms with Crippen molar-refractivity contribution in [2.24, 2.45) is 10.2 Å². The van der Waals surface area contributed by atoms with Crippen LogP contribution in [0.25, 0.3) is 0 Å². The Morgan fingerprint density at radius 2 is 2.21 bits per heavy atom. The number of carbonyl (C=O) groups is 1. The molecule has 0 spiro atoms. The van der Waals surface area contributed by atoms with Gasteiger partial charge in [0.2, 0.25) is 11.8 Å². The van der Waals surface area contributed by atoms with Crippen LogP contribution in [-0.2, 0) is 4.79 Å². The van der Waals surface area contributed by atoms with Crippen molar-refractivity contribution in [1.82, 2.24) is 4.98 Å². The maximum absolute atomic E-state index is 12.0. The van der Waals surface area contributed by atoms with E-state index in [2.05, 4.69) is 26.4 Å². The second-order valence-electron chi connectivity index (χ2n) is 5.79. The van der Waals surface area contributed by atoms with Crippen LogP contribution in [0.4, 0.5) is 5.69 Å². The average molecular weight is 325 g/mol. The zero-order valence-corrected chi connectivity index (χ0v) is 13.7. The summed E-state index contributed by atoms with van der Waals surface area (Å²) in [5.41, 5.74) is 0.253. The standard InChI is InChI=1S/C17H19N5O2/c1-4-5-7-17(21-22-17)8-6-15(23)20-14-9-13(10-18)16(19-11-14)24-12(2)3/h1,9,11-12H,5-8H2,2-3H3,(H,20,23). The Hall–Kier alpha value is -2.93. The summed E-state index contributed by atoms with van der Waals surface area (Å²) < 4.78 is 5.45. The van der Waals surface area contributed by atoms with Crippen molar-refractivity contribution in [3.8, 4) is 24.3 Å². The Balaban J connectivity index is 1.90. The summed E-state index contributed by atoms with van der Waals surface area (Å²) in [6.45, 7) is 3.70. The number of nitriles is 1. The third kappa shape index (κ3) is 4.79. The molecule has 1 amide bonds. The highest BCUT2D eigenvalue weighted by Crippen LogP contribution is 2.37. The molecule has 1 aromatic rings. The molecule has 1 N–H and O–H groups in total. The van der Waals surface area contributed by atoms with Gasteiger partial charge in [0.1, 0.15) is 11.6 Å². The molecule has 0 atom stereocenters. The van der Waals surface area contributed by atoms with E-state index in [1.807, 2.05) is 19.9 Å². The second-order valence-corrected chi connectivity index (χ2v) is 5.79. The summed E-state index contributed by atoms with van der Waals surface area (Å²) in [5, 5.41) is 19.9. The lowest BCUT2D eigenvalue weighted by molar-refractivity contribution is -0.116. The molecule has 0 aromatic carbocycles. The molecule has 1 aliphatic heterocycles. The fourth-order valence-electron chi connectivity index (χ4n) is 2.12. The van der Waals surface area contributed by atoms with Gasteiger partial charge in [0.25, 0.3) is 0 Å². The van der Waals surface area contributed by atoms with Crippen LogP contribution >= 0.6 is 0 Å². The minimum Gasteiger partial charge on any atom is -0.474 e. The fraction of sp³-hybridized carbons (Fsp3) is 0.471. The molecule has 7 heteroatoms. The van der Waals surface area contributed by atoms with Gasteiger partial charge in [-0.05, 0) is 19.9 Å². The van der Waals surface area contributed by atoms with Gasteiger partial charge < -0.3 is 10.1 Å². The summed E-state index contributed by atoms with van der Waals surface area (Å²) >= 11 is 0. The van der Waals surface area contributed by atoms with Crippen molar-refractivity contribution < 1.29 is 9.53 Å². The molecule has 2 rings (SSSR count). The molecule has 0 bridgehead atoms. The van der Waals surface area contributed by atoms with Crippen molar-refractivity contribution in [2.45, 2.75) is 51.3 Å². The van der Waals surface area contributed by atoms with Gasteiger partial charge in [0, 0.05) is 25.7 Å². The van der Waals surface area contributed by atoms with Crippen LogP contribution in [0.1, 0.15) is 45.1 Å². The molecule has 0 aliphatic carbocycles. The van der Waals surface area contributed by atoms with Gasteiger partial charge >= 0.3 is 0 Å². The molecule has 0 unspecified atom stereocenters. The number of pyridine rings is 1. The summed E-state index contributed by atoms with van der Waals surface area (Å²) in [4.78, 5) is 16.1. The van der Waals surface area contributed by atoms with Crippen LogP contribution in [0, 0.1) is 23.7 Å². The normalized spacial score (nSPS) is 13.9. The Morgan fingerprint density at radius 3 is 2.79 bits per heavy atom. The van der Waals surface area contributed by atoms with Crippen molar-refractivity contribution in [3.63, 3.8) is 0 Å². The second kappa shape index (κ2) is 7.56. The van der Waals surface area contributed by atoms with Gasteiger partial charge in [-0.25, -0.2) is 4.98 Å². The molecule has 2 heterocycles. The fourth-order valence-corrected chi connectivity index (χ4v) is 2.12. The summed E-state index contributed by atoms with van der Waals surface area (Å²) in [6, 6.07) is 3.56. The molecule has 124 valence electrons. The van der Waals surface area contributed by atoms with Gasteiger partial charge in [0.15, 0.2) is 5.66 Å². The van der Waals surface area contributed by atoms with Gasteiger partial charge in [-0.3, -0.25) is 4.79 Å². The summed E-state index contributed by atoms with van der Waals surface area (Å²) in [7, 11) is 0. The lowest BCUT2D eigenvalue weighted by Crippen LogP contribution is -2.18. The Morgan fingerprint density at radius 1 is 1.46 bits per heavy atom. The highest BCUT2D eigenvalue weighted by atomic mass is 16.5. The molecule has 0 fully saturated rings. The van der Waals surface area contributed by atoms with Crippen LogP contribution in [0.15, 0.2) is 22.5 Å². The molecule has 1 aliphatic rings. The van der Waals surface area contributed by atoms with Crippen LogP contribution in [0.3, 0.4) is 0 Å². The minimum atomic E-state index is -0.477. The number of carbonyl (C=O) groups excluding carboxylic acids is 1. The molecule has 0 saturated carbocycles. The highest BCUT2D eigenvalue weighted by molar-refractivity contribution is 5.90. The lowest BCUT2D eigenvalue weighted by atomic mass is 10.0. The number of hydrogen-bond donors (Lipinski definition) is 1. The largest absolute Gasteiger partial charge is 0.474 e.